The Morgan fingerprint density at radius 1 is 1.39 bits per heavy atom. The molecule has 0 amide bonds. The molecular formula is C14H20F3N3O2S. The number of rotatable bonds is 5. The highest BCUT2D eigenvalue weighted by atomic mass is 32.2. The first-order valence-corrected chi connectivity index (χ1v) is 9.00. The van der Waals surface area contributed by atoms with E-state index in [2.05, 4.69) is 9.71 Å². The molecule has 1 aliphatic heterocycles. The molecule has 0 aromatic carbocycles. The number of nitrogens with one attached hydrogen (secondary N) is 1. The van der Waals surface area contributed by atoms with Crippen molar-refractivity contribution in [2.24, 2.45) is 5.92 Å². The Morgan fingerprint density at radius 3 is 2.61 bits per heavy atom. The van der Waals surface area contributed by atoms with Gasteiger partial charge in [-0.2, -0.15) is 13.2 Å². The maximum Gasteiger partial charge on any atom is 0.417 e. The molecule has 1 aliphatic rings. The summed E-state index contributed by atoms with van der Waals surface area (Å²) in [6.07, 6.45) is -3.02. The van der Waals surface area contributed by atoms with Gasteiger partial charge in [0.25, 0.3) is 0 Å². The Morgan fingerprint density at radius 2 is 2.09 bits per heavy atom. The average Bonchev–Trinajstić information content (AvgIpc) is 2.83. The molecule has 1 saturated heterocycles. The number of nitrogens with zero attached hydrogens (tertiary/aromatic N) is 2. The first kappa shape index (κ1) is 18.0. The van der Waals surface area contributed by atoms with Crippen molar-refractivity contribution in [3.63, 3.8) is 0 Å². The van der Waals surface area contributed by atoms with E-state index in [4.69, 9.17) is 0 Å². The maximum atomic E-state index is 12.5. The summed E-state index contributed by atoms with van der Waals surface area (Å²) >= 11 is 0. The van der Waals surface area contributed by atoms with Gasteiger partial charge >= 0.3 is 6.18 Å². The van der Waals surface area contributed by atoms with Crippen LogP contribution in [-0.4, -0.2) is 38.3 Å². The molecule has 0 spiro atoms. The fourth-order valence-electron chi connectivity index (χ4n) is 2.55. The molecule has 0 radical (unpaired) electrons. The smallest absolute Gasteiger partial charge is 0.355 e. The van der Waals surface area contributed by atoms with Gasteiger partial charge < -0.3 is 4.90 Å². The Labute approximate surface area is 133 Å². The van der Waals surface area contributed by atoms with Crippen LogP contribution in [0.2, 0.25) is 0 Å². The quantitative estimate of drug-likeness (QED) is 0.884. The number of anilines is 1. The third-order valence-corrected chi connectivity index (χ3v) is 5.28. The summed E-state index contributed by atoms with van der Waals surface area (Å²) in [4.78, 5) is 5.62. The summed E-state index contributed by atoms with van der Waals surface area (Å²) in [6.45, 7) is 4.60. The highest BCUT2D eigenvalue weighted by Crippen LogP contribution is 2.29. The van der Waals surface area contributed by atoms with Crippen LogP contribution in [0.15, 0.2) is 18.3 Å². The van der Waals surface area contributed by atoms with Gasteiger partial charge in [0.2, 0.25) is 10.0 Å². The number of hydrogen-bond acceptors (Lipinski definition) is 4. The van der Waals surface area contributed by atoms with Gasteiger partial charge in [-0.3, -0.25) is 0 Å². The molecule has 0 bridgehead atoms. The van der Waals surface area contributed by atoms with E-state index in [1.807, 2.05) is 13.8 Å². The second kappa shape index (κ2) is 6.64. The number of halogens is 3. The van der Waals surface area contributed by atoms with Gasteiger partial charge in [0.15, 0.2) is 0 Å². The number of pyridine rings is 1. The van der Waals surface area contributed by atoms with E-state index >= 15 is 0 Å². The molecule has 130 valence electrons. The van der Waals surface area contributed by atoms with Crippen molar-refractivity contribution in [3.8, 4) is 0 Å². The number of aromatic nitrogens is 1. The van der Waals surface area contributed by atoms with Crippen LogP contribution in [-0.2, 0) is 16.2 Å². The van der Waals surface area contributed by atoms with Crippen LogP contribution in [0.4, 0.5) is 19.0 Å². The average molecular weight is 351 g/mol. The minimum Gasteiger partial charge on any atom is -0.355 e. The van der Waals surface area contributed by atoms with Crippen LogP contribution in [0, 0.1) is 5.92 Å². The summed E-state index contributed by atoms with van der Waals surface area (Å²) in [5.41, 5.74) is -0.797. The van der Waals surface area contributed by atoms with Crippen molar-refractivity contribution in [3.05, 3.63) is 23.9 Å². The highest BCUT2D eigenvalue weighted by molar-refractivity contribution is 7.89. The van der Waals surface area contributed by atoms with E-state index in [-0.39, 0.29) is 17.7 Å². The number of hydrogen-bond donors (Lipinski definition) is 1. The number of sulfonamides is 1. The van der Waals surface area contributed by atoms with E-state index in [0.717, 1.165) is 12.3 Å². The fourth-order valence-corrected chi connectivity index (χ4v) is 4.22. The first-order valence-electron chi connectivity index (χ1n) is 7.35. The van der Waals surface area contributed by atoms with E-state index < -0.39 is 21.8 Å². The molecule has 1 aromatic heterocycles. The molecule has 1 unspecified atom stereocenters. The van der Waals surface area contributed by atoms with Crippen molar-refractivity contribution in [1.29, 1.82) is 0 Å². The molecule has 5 nitrogen and oxygen atoms in total. The minimum absolute atomic E-state index is 0.0292. The Bertz CT molecular complexity index is 630. The fraction of sp³-hybridized carbons (Fsp3) is 0.643. The summed E-state index contributed by atoms with van der Waals surface area (Å²) in [5.74, 6) is 0.507. The van der Waals surface area contributed by atoms with Crippen molar-refractivity contribution in [2.75, 3.05) is 23.7 Å². The minimum atomic E-state index is -4.41. The van der Waals surface area contributed by atoms with Gasteiger partial charge in [0.1, 0.15) is 5.82 Å². The molecule has 1 aromatic rings. The van der Waals surface area contributed by atoms with E-state index in [1.165, 1.54) is 6.07 Å². The van der Waals surface area contributed by atoms with Crippen molar-refractivity contribution in [2.45, 2.75) is 32.5 Å². The lowest BCUT2D eigenvalue weighted by Crippen LogP contribution is -2.39. The van der Waals surface area contributed by atoms with Gasteiger partial charge in [0, 0.05) is 25.3 Å². The molecule has 9 heteroatoms. The van der Waals surface area contributed by atoms with Crippen molar-refractivity contribution >= 4 is 15.8 Å². The molecule has 1 fully saturated rings. The zero-order valence-corrected chi connectivity index (χ0v) is 13.8. The molecule has 23 heavy (non-hydrogen) atoms. The second-order valence-electron chi connectivity index (χ2n) is 6.13. The summed E-state index contributed by atoms with van der Waals surface area (Å²) < 4.78 is 64.0. The van der Waals surface area contributed by atoms with Gasteiger partial charge in [-0.25, -0.2) is 18.1 Å². The molecular weight excluding hydrogens is 331 g/mol. The molecule has 2 rings (SSSR count). The number of alkyl halides is 3. The molecule has 0 saturated carbocycles. The third kappa shape index (κ3) is 5.07. The van der Waals surface area contributed by atoms with E-state index in [1.54, 1.807) is 4.90 Å². The topological polar surface area (TPSA) is 62.3 Å². The highest BCUT2D eigenvalue weighted by Gasteiger charge is 2.32. The van der Waals surface area contributed by atoms with E-state index in [9.17, 15) is 21.6 Å². The Kier molecular flexibility index (Phi) is 5.20. The summed E-state index contributed by atoms with van der Waals surface area (Å²) in [7, 11) is -3.34. The molecule has 2 heterocycles. The monoisotopic (exact) mass is 351 g/mol. The van der Waals surface area contributed by atoms with Gasteiger partial charge in [0.05, 0.1) is 11.3 Å². The molecule has 1 N–H and O–H groups in total. The van der Waals surface area contributed by atoms with Crippen molar-refractivity contribution in [1.82, 2.24) is 9.71 Å². The molecule has 0 aliphatic carbocycles. The van der Waals surface area contributed by atoms with Crippen LogP contribution < -0.4 is 9.62 Å². The van der Waals surface area contributed by atoms with Gasteiger partial charge in [-0.05, 0) is 24.5 Å². The second-order valence-corrected chi connectivity index (χ2v) is 7.93. The zero-order valence-electron chi connectivity index (χ0n) is 13.0. The van der Waals surface area contributed by atoms with Crippen LogP contribution in [0.1, 0.15) is 25.8 Å². The Hall–Kier alpha value is -1.35. The summed E-state index contributed by atoms with van der Waals surface area (Å²) in [6, 6.07) is 2.05. The van der Waals surface area contributed by atoms with Crippen LogP contribution in [0.25, 0.3) is 0 Å². The van der Waals surface area contributed by atoms with Crippen LogP contribution in [0.3, 0.4) is 0 Å². The van der Waals surface area contributed by atoms with E-state index in [0.29, 0.717) is 25.3 Å². The predicted octanol–water partition coefficient (Wildman–Crippen LogP) is 2.25. The van der Waals surface area contributed by atoms with Gasteiger partial charge in [-0.1, -0.05) is 13.8 Å². The summed E-state index contributed by atoms with van der Waals surface area (Å²) in [5, 5.41) is 0. The van der Waals surface area contributed by atoms with Gasteiger partial charge in [-0.15, -0.1) is 0 Å². The standard InChI is InChI=1S/C14H20F3N3O2S/c1-10(2)9-23(21,22)19-12-5-6-20(8-12)13-4-3-11(7-18-13)14(15,16)17/h3-4,7,10,12,19H,5-6,8-9H2,1-2H3. The van der Waals surface area contributed by atoms with Crippen LogP contribution >= 0.6 is 0 Å². The van der Waals surface area contributed by atoms with Crippen molar-refractivity contribution < 1.29 is 21.6 Å². The first-order chi connectivity index (χ1) is 10.6. The maximum absolute atomic E-state index is 12.5. The lowest BCUT2D eigenvalue weighted by atomic mass is 10.3. The SMILES string of the molecule is CC(C)CS(=O)(=O)NC1CCN(c2ccc(C(F)(F)F)cn2)C1. The lowest BCUT2D eigenvalue weighted by Gasteiger charge is -2.19. The molecule has 1 atom stereocenters. The largest absolute Gasteiger partial charge is 0.417 e. The lowest BCUT2D eigenvalue weighted by molar-refractivity contribution is -0.137. The predicted molar refractivity (Wildman–Crippen MR) is 81.6 cm³/mol. The van der Waals surface area contributed by atoms with Crippen LogP contribution in [0.5, 0.6) is 0 Å². The zero-order chi connectivity index (χ0) is 17.3. The Balaban J connectivity index is 1.97. The third-order valence-electron chi connectivity index (χ3n) is 3.49. The normalized spacial score (nSPS) is 19.6.